The second-order valence-corrected chi connectivity index (χ2v) is 8.49. The Kier molecular flexibility index (Phi) is 6.01. The van der Waals surface area contributed by atoms with Gasteiger partial charge in [0, 0.05) is 23.2 Å². The van der Waals surface area contributed by atoms with Crippen LogP contribution in [0, 0.1) is 0 Å². The van der Waals surface area contributed by atoms with Gasteiger partial charge in [0.1, 0.15) is 17.7 Å². The molecule has 1 aromatic carbocycles. The lowest BCUT2D eigenvalue weighted by molar-refractivity contribution is -0.128. The van der Waals surface area contributed by atoms with Gasteiger partial charge in [0.15, 0.2) is 11.3 Å². The van der Waals surface area contributed by atoms with E-state index in [0.717, 1.165) is 17.2 Å². The van der Waals surface area contributed by atoms with Crippen LogP contribution < -0.4 is 10.1 Å². The van der Waals surface area contributed by atoms with Gasteiger partial charge in [0.25, 0.3) is 5.91 Å². The Bertz CT molecular complexity index is 1170. The van der Waals surface area contributed by atoms with Gasteiger partial charge in [-0.05, 0) is 62.6 Å². The maximum Gasteiger partial charge on any atom is 0.257 e. The minimum Gasteiger partial charge on any atom is -0.496 e. The molecule has 0 radical (unpaired) electrons. The molecule has 4 rings (SSSR count). The zero-order valence-electron chi connectivity index (χ0n) is 18.6. The number of oxime groups is 1. The Morgan fingerprint density at radius 3 is 2.67 bits per heavy atom. The highest BCUT2D eigenvalue weighted by Gasteiger charge is 2.40. The average Bonchev–Trinajstić information content (AvgIpc) is 3.06. The van der Waals surface area contributed by atoms with Crippen LogP contribution in [0.4, 0.5) is 8.78 Å². The van der Waals surface area contributed by atoms with Crippen molar-refractivity contribution in [2.24, 2.45) is 5.16 Å². The third kappa shape index (κ3) is 4.37. The van der Waals surface area contributed by atoms with Crippen molar-refractivity contribution in [1.82, 2.24) is 5.32 Å². The number of rotatable bonds is 5. The number of nitrogens with one attached hydrogen (secondary N) is 1. The molecule has 1 heterocycles. The van der Waals surface area contributed by atoms with E-state index < -0.39 is 29.1 Å². The molecule has 172 valence electrons. The van der Waals surface area contributed by atoms with Crippen molar-refractivity contribution in [3.8, 4) is 5.75 Å². The Labute approximate surface area is 190 Å². The topological polar surface area (TPSA) is 77.0 Å². The van der Waals surface area contributed by atoms with Gasteiger partial charge in [-0.25, -0.2) is 8.78 Å². The van der Waals surface area contributed by atoms with Gasteiger partial charge < -0.3 is 14.9 Å². The Hall–Kier alpha value is -3.55. The zero-order chi connectivity index (χ0) is 23.8. The summed E-state index contributed by atoms with van der Waals surface area (Å²) in [7, 11) is 1.56. The minimum atomic E-state index is -1.66. The highest BCUT2D eigenvalue weighted by molar-refractivity contribution is 6.49. The number of ketones is 1. The summed E-state index contributed by atoms with van der Waals surface area (Å²) in [5, 5.41) is 6.58. The van der Waals surface area contributed by atoms with Gasteiger partial charge in [0.2, 0.25) is 5.78 Å². The number of hydrogen-bond donors (Lipinski definition) is 1. The maximum absolute atomic E-state index is 14.0. The largest absolute Gasteiger partial charge is 0.496 e. The van der Waals surface area contributed by atoms with Crippen LogP contribution in [-0.4, -0.2) is 36.3 Å². The molecule has 0 spiro atoms. The van der Waals surface area contributed by atoms with Gasteiger partial charge in [-0.15, -0.1) is 0 Å². The van der Waals surface area contributed by atoms with Crippen molar-refractivity contribution in [3.63, 3.8) is 0 Å². The third-order valence-electron chi connectivity index (χ3n) is 5.79. The second-order valence-electron chi connectivity index (χ2n) is 8.49. The first-order valence-electron chi connectivity index (χ1n) is 10.6. The SMILES string of the molecule is COc1ccc(C2=NOC(C)(C)C2=O)cc1C1=CC=C(NC(=O)C2=C(F)C=CCC2F)CC1. The summed E-state index contributed by atoms with van der Waals surface area (Å²) in [5.74, 6) is -1.20. The minimum absolute atomic E-state index is 0.0224. The van der Waals surface area contributed by atoms with Crippen molar-refractivity contribution < 1.29 is 27.9 Å². The molecule has 0 fully saturated rings. The molecule has 3 aliphatic rings. The van der Waals surface area contributed by atoms with Crippen LogP contribution in [0.3, 0.4) is 0 Å². The predicted octanol–water partition coefficient (Wildman–Crippen LogP) is 4.48. The van der Waals surface area contributed by atoms with E-state index in [1.54, 1.807) is 39.2 Å². The first-order chi connectivity index (χ1) is 15.7. The Morgan fingerprint density at radius 2 is 2.06 bits per heavy atom. The number of methoxy groups -OCH3 is 1. The molecular weight excluding hydrogens is 430 g/mol. The number of benzene rings is 1. The summed E-state index contributed by atoms with van der Waals surface area (Å²) < 4.78 is 33.4. The molecule has 1 atom stereocenters. The number of hydrogen-bond acceptors (Lipinski definition) is 5. The van der Waals surface area contributed by atoms with Crippen LogP contribution in [0.5, 0.6) is 5.75 Å². The summed E-state index contributed by atoms with van der Waals surface area (Å²) in [5.41, 5.74) is 1.66. The van der Waals surface area contributed by atoms with Gasteiger partial charge >= 0.3 is 0 Å². The Balaban J connectivity index is 1.57. The maximum atomic E-state index is 14.0. The van der Waals surface area contributed by atoms with Crippen molar-refractivity contribution in [3.05, 3.63) is 70.7 Å². The zero-order valence-corrected chi connectivity index (χ0v) is 18.6. The number of alkyl halides is 1. The lowest BCUT2D eigenvalue weighted by Crippen LogP contribution is -2.33. The van der Waals surface area contributed by atoms with Gasteiger partial charge in [-0.3, -0.25) is 9.59 Å². The molecule has 2 aliphatic carbocycles. The quantitative estimate of drug-likeness (QED) is 0.712. The molecule has 1 aromatic rings. The standard InChI is InChI=1S/C25H24F2N2O4/c1-25(2)23(30)22(29-33-25)15-9-12-20(32-3)17(13-15)14-7-10-16(11-8-14)28-24(31)21-18(26)5-4-6-19(21)27/h4-5,7,9-10,12-13,19H,6,8,11H2,1-3H3,(H,28,31). The van der Waals surface area contributed by atoms with Crippen LogP contribution in [0.1, 0.15) is 44.2 Å². The van der Waals surface area contributed by atoms with E-state index in [2.05, 4.69) is 10.5 Å². The molecule has 0 saturated carbocycles. The molecular formula is C25H24F2N2O4. The van der Waals surface area contributed by atoms with Crippen molar-refractivity contribution in [1.29, 1.82) is 0 Å². The molecule has 1 unspecified atom stereocenters. The predicted molar refractivity (Wildman–Crippen MR) is 120 cm³/mol. The first-order valence-corrected chi connectivity index (χ1v) is 10.6. The number of Topliss-reactive ketones (excluding diaryl/α,β-unsaturated/α-hetero) is 1. The van der Waals surface area contributed by atoms with Gasteiger partial charge in [-0.1, -0.05) is 17.3 Å². The summed E-state index contributed by atoms with van der Waals surface area (Å²) >= 11 is 0. The fourth-order valence-electron chi connectivity index (χ4n) is 3.90. The number of carbonyl (C=O) groups excluding carboxylic acids is 2. The van der Waals surface area contributed by atoms with E-state index in [-0.39, 0.29) is 17.9 Å². The Morgan fingerprint density at radius 1 is 1.27 bits per heavy atom. The fraction of sp³-hybridized carbons (Fsp3) is 0.320. The second kappa shape index (κ2) is 8.77. The highest BCUT2D eigenvalue weighted by Crippen LogP contribution is 2.35. The van der Waals surface area contributed by atoms with E-state index in [4.69, 9.17) is 9.57 Å². The number of ether oxygens (including phenoxy) is 1. The third-order valence-corrected chi connectivity index (χ3v) is 5.79. The fourth-order valence-corrected chi connectivity index (χ4v) is 3.90. The van der Waals surface area contributed by atoms with E-state index in [9.17, 15) is 18.4 Å². The van der Waals surface area contributed by atoms with Crippen molar-refractivity contribution >= 4 is 23.0 Å². The smallest absolute Gasteiger partial charge is 0.257 e. The van der Waals surface area contributed by atoms with Crippen LogP contribution >= 0.6 is 0 Å². The number of allylic oxidation sites excluding steroid dienone is 7. The monoisotopic (exact) mass is 454 g/mol. The summed E-state index contributed by atoms with van der Waals surface area (Å²) in [6.45, 7) is 3.33. The normalized spacial score (nSPS) is 21.8. The number of nitrogens with zero attached hydrogens (tertiary/aromatic N) is 1. The van der Waals surface area contributed by atoms with Crippen LogP contribution in [0.25, 0.3) is 5.57 Å². The van der Waals surface area contributed by atoms with Crippen LogP contribution in [-0.2, 0) is 14.4 Å². The molecule has 1 N–H and O–H groups in total. The summed E-state index contributed by atoms with van der Waals surface area (Å²) in [6.07, 6.45) is 5.33. The van der Waals surface area contributed by atoms with E-state index in [1.165, 1.54) is 6.08 Å². The molecule has 1 amide bonds. The van der Waals surface area contributed by atoms with E-state index in [1.807, 2.05) is 12.1 Å². The molecule has 0 aromatic heterocycles. The van der Waals surface area contributed by atoms with Gasteiger partial charge in [0.05, 0.1) is 12.7 Å². The molecule has 33 heavy (non-hydrogen) atoms. The number of halogens is 2. The average molecular weight is 454 g/mol. The first kappa shape index (κ1) is 22.6. The van der Waals surface area contributed by atoms with Crippen LogP contribution in [0.15, 0.2) is 64.8 Å². The molecule has 6 nitrogen and oxygen atoms in total. The van der Waals surface area contributed by atoms with E-state index >= 15 is 0 Å². The number of amides is 1. The summed E-state index contributed by atoms with van der Waals surface area (Å²) in [4.78, 5) is 30.2. The lowest BCUT2D eigenvalue weighted by atomic mass is 9.90. The van der Waals surface area contributed by atoms with E-state index in [0.29, 0.717) is 29.9 Å². The number of carbonyl (C=O) groups is 2. The molecule has 8 heteroatoms. The molecule has 0 saturated heterocycles. The lowest BCUT2D eigenvalue weighted by Gasteiger charge is -2.20. The molecule has 0 bridgehead atoms. The van der Waals surface area contributed by atoms with Crippen molar-refractivity contribution in [2.75, 3.05) is 7.11 Å². The summed E-state index contributed by atoms with van der Waals surface area (Å²) in [6, 6.07) is 5.34. The van der Waals surface area contributed by atoms with Crippen molar-refractivity contribution in [2.45, 2.75) is 44.9 Å². The molecule has 1 aliphatic heterocycles. The highest BCUT2D eigenvalue weighted by atomic mass is 19.1. The van der Waals surface area contributed by atoms with Gasteiger partial charge in [-0.2, -0.15) is 0 Å². The van der Waals surface area contributed by atoms with Crippen LogP contribution in [0.2, 0.25) is 0 Å².